The Kier molecular flexibility index (Phi) is 11.3. The molecule has 10 nitrogen and oxygen atoms in total. The number of anilines is 1. The molecule has 0 fully saturated rings. The minimum atomic E-state index is -3.83. The van der Waals surface area contributed by atoms with Gasteiger partial charge in [0.25, 0.3) is 0 Å². The smallest absolute Gasteiger partial charge is 0.425 e. The highest BCUT2D eigenvalue weighted by Crippen LogP contribution is 2.28. The molecule has 0 aliphatic rings. The summed E-state index contributed by atoms with van der Waals surface area (Å²) in [6.45, 7) is 17.4. The van der Waals surface area contributed by atoms with Gasteiger partial charge in [0, 0.05) is 0 Å². The molecule has 2 unspecified atom stereocenters. The number of nitrogens with two attached hydrogens (primary N) is 1. The van der Waals surface area contributed by atoms with Crippen LogP contribution in [-0.2, 0) is 24.2 Å². The van der Waals surface area contributed by atoms with Crippen molar-refractivity contribution in [3.63, 3.8) is 0 Å². The van der Waals surface area contributed by atoms with Gasteiger partial charge in [0.2, 0.25) is 11.8 Å². The van der Waals surface area contributed by atoms with Crippen LogP contribution in [0.5, 0.6) is 0 Å². The second kappa shape index (κ2) is 13.0. The van der Waals surface area contributed by atoms with E-state index in [1.165, 1.54) is 25.1 Å². The van der Waals surface area contributed by atoms with E-state index in [9.17, 15) is 22.8 Å². The van der Waals surface area contributed by atoms with Crippen LogP contribution >= 0.6 is 0 Å². The summed E-state index contributed by atoms with van der Waals surface area (Å²) in [7, 11) is -3.83. The molecule has 0 spiro atoms. The number of hydrogen-bond donors (Lipinski definition) is 3. The summed E-state index contributed by atoms with van der Waals surface area (Å²) < 4.78 is 31.8. The quantitative estimate of drug-likeness (QED) is 0.169. The third kappa shape index (κ3) is 9.15. The SMILES string of the molecule is C=C[C@H](CC(C)C)S(=O)(=O)c1ccccc1NC(=O)C(C)NC(=O)C(C(C)C)N(N)C(=O)OC(C)(C)C. The molecule has 3 atom stereocenters. The molecular formula is C26H42N4O6S. The molecule has 37 heavy (non-hydrogen) atoms. The molecular weight excluding hydrogens is 496 g/mol. The first kappa shape index (κ1) is 32.1. The topological polar surface area (TPSA) is 148 Å². The zero-order chi connectivity index (χ0) is 28.7. The number of para-hydroxylation sites is 1. The number of ether oxygens (including phenoxy) is 1. The molecule has 3 amide bonds. The summed E-state index contributed by atoms with van der Waals surface area (Å²) >= 11 is 0. The van der Waals surface area contributed by atoms with Crippen molar-refractivity contribution < 1.29 is 27.5 Å². The van der Waals surface area contributed by atoms with E-state index in [4.69, 9.17) is 10.6 Å². The summed E-state index contributed by atoms with van der Waals surface area (Å²) in [6.07, 6.45) is 0.895. The van der Waals surface area contributed by atoms with Crippen LogP contribution in [-0.4, -0.2) is 54.3 Å². The molecule has 0 saturated heterocycles. The molecule has 208 valence electrons. The predicted octanol–water partition coefficient (Wildman–Crippen LogP) is 3.64. The van der Waals surface area contributed by atoms with Gasteiger partial charge in [0.15, 0.2) is 9.84 Å². The van der Waals surface area contributed by atoms with Crippen LogP contribution in [0.3, 0.4) is 0 Å². The molecule has 0 aliphatic carbocycles. The lowest BCUT2D eigenvalue weighted by Crippen LogP contribution is -2.58. The van der Waals surface area contributed by atoms with Crippen molar-refractivity contribution in [1.29, 1.82) is 0 Å². The largest absolute Gasteiger partial charge is 0.443 e. The minimum absolute atomic E-state index is 0.0365. The maximum Gasteiger partial charge on any atom is 0.425 e. The molecule has 0 aromatic heterocycles. The van der Waals surface area contributed by atoms with E-state index >= 15 is 0 Å². The number of sulfone groups is 1. The van der Waals surface area contributed by atoms with Crippen LogP contribution < -0.4 is 16.5 Å². The lowest BCUT2D eigenvalue weighted by molar-refractivity contribution is -0.131. The Labute approximate surface area is 220 Å². The molecule has 4 N–H and O–H groups in total. The highest BCUT2D eigenvalue weighted by atomic mass is 32.2. The normalized spacial score (nSPS) is 14.5. The van der Waals surface area contributed by atoms with Crippen LogP contribution in [0.15, 0.2) is 41.8 Å². The summed E-state index contributed by atoms with van der Waals surface area (Å²) in [5.74, 6) is 4.34. The number of nitrogens with zero attached hydrogens (tertiary/aromatic N) is 1. The second-order valence-corrected chi connectivity index (χ2v) is 12.9. The highest BCUT2D eigenvalue weighted by molar-refractivity contribution is 7.92. The zero-order valence-corrected chi connectivity index (χ0v) is 23.9. The fraction of sp³-hybridized carbons (Fsp3) is 0.577. The Bertz CT molecular complexity index is 1080. The van der Waals surface area contributed by atoms with E-state index in [0.717, 1.165) is 0 Å². The zero-order valence-electron chi connectivity index (χ0n) is 23.1. The highest BCUT2D eigenvalue weighted by Gasteiger charge is 2.35. The summed E-state index contributed by atoms with van der Waals surface area (Å²) in [4.78, 5) is 38.3. The first-order valence-corrected chi connectivity index (χ1v) is 13.8. The van der Waals surface area contributed by atoms with Crippen LogP contribution in [0.25, 0.3) is 0 Å². The maximum atomic E-state index is 13.3. The van der Waals surface area contributed by atoms with Gasteiger partial charge in [-0.1, -0.05) is 45.9 Å². The molecule has 0 radical (unpaired) electrons. The predicted molar refractivity (Wildman–Crippen MR) is 144 cm³/mol. The van der Waals surface area contributed by atoms with E-state index < -0.39 is 56.6 Å². The number of hydrogen-bond acceptors (Lipinski definition) is 7. The Morgan fingerprint density at radius 3 is 2.14 bits per heavy atom. The maximum absolute atomic E-state index is 13.3. The molecule has 1 aromatic rings. The van der Waals surface area contributed by atoms with Crippen molar-refractivity contribution in [2.75, 3.05) is 5.32 Å². The van der Waals surface area contributed by atoms with Crippen molar-refractivity contribution in [3.8, 4) is 0 Å². The average Bonchev–Trinajstić information content (AvgIpc) is 2.75. The van der Waals surface area contributed by atoms with Gasteiger partial charge >= 0.3 is 6.09 Å². The fourth-order valence-corrected chi connectivity index (χ4v) is 5.49. The molecule has 0 saturated carbocycles. The van der Waals surface area contributed by atoms with E-state index in [0.29, 0.717) is 11.4 Å². The van der Waals surface area contributed by atoms with Crippen molar-refractivity contribution >= 4 is 33.4 Å². The van der Waals surface area contributed by atoms with E-state index in [1.54, 1.807) is 46.8 Å². The van der Waals surface area contributed by atoms with E-state index in [-0.39, 0.29) is 16.5 Å². The summed E-state index contributed by atoms with van der Waals surface area (Å²) in [5.41, 5.74) is -0.716. The third-order valence-corrected chi connectivity index (χ3v) is 7.52. The standard InChI is InChI=1S/C26H42N4O6S/c1-10-19(15-16(2)3)37(34,35)21-14-12-11-13-20(21)29-23(31)18(6)28-24(32)22(17(4)5)30(27)25(33)36-26(7,8)9/h10-14,16-19,22H,1,15,27H2,2-9H3,(H,28,32)(H,29,31)/t18?,19-,22?/m1/s1. The Morgan fingerprint density at radius 2 is 1.65 bits per heavy atom. The van der Waals surface area contributed by atoms with Gasteiger partial charge in [-0.3, -0.25) is 9.59 Å². The lowest BCUT2D eigenvalue weighted by atomic mass is 10.0. The fourth-order valence-electron chi connectivity index (χ4n) is 3.58. The molecule has 1 aromatic carbocycles. The van der Waals surface area contributed by atoms with Gasteiger partial charge in [-0.15, -0.1) is 6.58 Å². The Morgan fingerprint density at radius 1 is 1.08 bits per heavy atom. The first-order valence-electron chi connectivity index (χ1n) is 12.3. The van der Waals surface area contributed by atoms with Gasteiger partial charge in [-0.05, 0) is 58.1 Å². The number of benzene rings is 1. The van der Waals surface area contributed by atoms with E-state index in [1.807, 2.05) is 13.8 Å². The molecule has 1 rings (SSSR count). The third-order valence-electron chi connectivity index (χ3n) is 5.37. The number of hydrazine groups is 1. The van der Waals surface area contributed by atoms with Crippen molar-refractivity contribution in [2.45, 2.75) is 89.6 Å². The van der Waals surface area contributed by atoms with Gasteiger partial charge < -0.3 is 15.4 Å². The number of nitrogens with one attached hydrogen (secondary N) is 2. The molecule has 0 aliphatic heterocycles. The summed E-state index contributed by atoms with van der Waals surface area (Å²) in [5, 5.41) is 5.04. The minimum Gasteiger partial charge on any atom is -0.443 e. The molecule has 0 heterocycles. The molecule has 11 heteroatoms. The van der Waals surface area contributed by atoms with Gasteiger partial charge in [0.05, 0.1) is 15.8 Å². The van der Waals surface area contributed by atoms with Crippen LogP contribution in [0.2, 0.25) is 0 Å². The number of carbonyl (C=O) groups excluding carboxylic acids is 3. The van der Waals surface area contributed by atoms with Gasteiger partial charge in [0.1, 0.15) is 17.7 Å². The lowest BCUT2D eigenvalue weighted by Gasteiger charge is -2.32. The van der Waals surface area contributed by atoms with Crippen molar-refractivity contribution in [1.82, 2.24) is 10.3 Å². The van der Waals surface area contributed by atoms with Gasteiger partial charge in [-0.25, -0.2) is 24.1 Å². The molecule has 0 bridgehead atoms. The summed E-state index contributed by atoms with van der Waals surface area (Å²) in [6, 6.07) is 3.90. The second-order valence-electron chi connectivity index (χ2n) is 10.7. The number of amides is 3. The average molecular weight is 539 g/mol. The number of rotatable bonds is 11. The Balaban J connectivity index is 3.09. The van der Waals surface area contributed by atoms with Gasteiger partial charge in [-0.2, -0.15) is 0 Å². The van der Waals surface area contributed by atoms with E-state index in [2.05, 4.69) is 17.2 Å². The number of carbonyl (C=O) groups is 3. The van der Waals surface area contributed by atoms with Crippen LogP contribution in [0, 0.1) is 11.8 Å². The first-order chi connectivity index (χ1) is 16.9. The van der Waals surface area contributed by atoms with Crippen molar-refractivity contribution in [3.05, 3.63) is 36.9 Å². The Hall–Kier alpha value is -2.92. The van der Waals surface area contributed by atoms with Crippen LogP contribution in [0.4, 0.5) is 10.5 Å². The van der Waals surface area contributed by atoms with Crippen LogP contribution in [0.1, 0.15) is 61.8 Å². The van der Waals surface area contributed by atoms with Crippen molar-refractivity contribution in [2.24, 2.45) is 17.7 Å². The monoisotopic (exact) mass is 538 g/mol.